The van der Waals surface area contributed by atoms with E-state index in [1.807, 2.05) is 97.1 Å². The van der Waals surface area contributed by atoms with Crippen molar-refractivity contribution in [1.29, 1.82) is 0 Å². The van der Waals surface area contributed by atoms with Crippen LogP contribution < -0.4 is 9.47 Å². The number of phenolic OH excluding ortho intramolecular Hbond substituents is 2. The molecular formula is C54H44O4. The highest BCUT2D eigenvalue weighted by Gasteiger charge is 2.18. The van der Waals surface area contributed by atoms with Gasteiger partial charge in [-0.3, -0.25) is 0 Å². The zero-order valence-electron chi connectivity index (χ0n) is 32.5. The van der Waals surface area contributed by atoms with Crippen LogP contribution in [-0.2, 0) is 0 Å². The SMILES string of the molecule is COc1ccc(/C(=C(\c2ccccc2)c2ccc(OC)cc2)c2ccccc2)cc1.Oc1ccc(/C(=C(\c2ccccc2)c2ccc(O)cc2)c2ccccc2)cc1. The molecular weight excluding hydrogens is 713 g/mol. The van der Waals surface area contributed by atoms with Crippen LogP contribution in [0.4, 0.5) is 0 Å². The van der Waals surface area contributed by atoms with E-state index in [9.17, 15) is 10.2 Å². The van der Waals surface area contributed by atoms with Crippen LogP contribution in [0.15, 0.2) is 218 Å². The minimum atomic E-state index is 0.238. The van der Waals surface area contributed by atoms with Gasteiger partial charge in [0.1, 0.15) is 23.0 Å². The Morgan fingerprint density at radius 2 is 0.448 bits per heavy atom. The van der Waals surface area contributed by atoms with Crippen LogP contribution in [0, 0.1) is 0 Å². The maximum absolute atomic E-state index is 9.77. The number of rotatable bonds is 10. The third-order valence-corrected chi connectivity index (χ3v) is 9.82. The number of hydrogen-bond acceptors (Lipinski definition) is 4. The van der Waals surface area contributed by atoms with Gasteiger partial charge < -0.3 is 19.7 Å². The summed E-state index contributed by atoms with van der Waals surface area (Å²) in [5, 5.41) is 19.5. The Bertz CT molecular complexity index is 2380. The van der Waals surface area contributed by atoms with Crippen molar-refractivity contribution in [2.24, 2.45) is 0 Å². The van der Waals surface area contributed by atoms with Gasteiger partial charge in [-0.1, -0.05) is 170 Å². The lowest BCUT2D eigenvalue weighted by atomic mass is 9.86. The first-order chi connectivity index (χ1) is 28.5. The average molecular weight is 757 g/mol. The maximum Gasteiger partial charge on any atom is 0.118 e. The van der Waals surface area contributed by atoms with E-state index in [1.165, 1.54) is 11.1 Å². The fraction of sp³-hybridized carbons (Fsp3) is 0.0370. The molecule has 0 saturated heterocycles. The molecule has 284 valence electrons. The molecule has 0 aliphatic carbocycles. The highest BCUT2D eigenvalue weighted by molar-refractivity contribution is 6.05. The van der Waals surface area contributed by atoms with E-state index >= 15 is 0 Å². The van der Waals surface area contributed by atoms with Gasteiger partial charge in [-0.15, -0.1) is 0 Å². The van der Waals surface area contributed by atoms with Crippen LogP contribution in [0.3, 0.4) is 0 Å². The molecule has 0 unspecified atom stereocenters. The van der Waals surface area contributed by atoms with Gasteiger partial charge in [0.15, 0.2) is 0 Å². The smallest absolute Gasteiger partial charge is 0.118 e. The second-order valence-electron chi connectivity index (χ2n) is 13.5. The van der Waals surface area contributed by atoms with E-state index in [-0.39, 0.29) is 11.5 Å². The Morgan fingerprint density at radius 1 is 0.259 bits per heavy atom. The minimum absolute atomic E-state index is 0.238. The molecule has 0 aliphatic heterocycles. The highest BCUT2D eigenvalue weighted by Crippen LogP contribution is 2.39. The Morgan fingerprint density at radius 3 is 0.655 bits per heavy atom. The molecule has 0 aromatic heterocycles. The summed E-state index contributed by atoms with van der Waals surface area (Å²) in [7, 11) is 3.38. The lowest BCUT2D eigenvalue weighted by Crippen LogP contribution is -1.98. The topological polar surface area (TPSA) is 58.9 Å². The maximum atomic E-state index is 9.77. The Balaban J connectivity index is 0.000000177. The lowest BCUT2D eigenvalue weighted by Gasteiger charge is -2.18. The first-order valence-corrected chi connectivity index (χ1v) is 19.1. The third kappa shape index (κ3) is 9.27. The number of phenols is 2. The Kier molecular flexibility index (Phi) is 12.6. The van der Waals surface area contributed by atoms with Gasteiger partial charge in [-0.2, -0.15) is 0 Å². The van der Waals surface area contributed by atoms with Crippen molar-refractivity contribution in [3.63, 3.8) is 0 Å². The van der Waals surface area contributed by atoms with Crippen LogP contribution >= 0.6 is 0 Å². The Hall–Kier alpha value is -7.56. The summed E-state index contributed by atoms with van der Waals surface area (Å²) >= 11 is 0. The van der Waals surface area contributed by atoms with Gasteiger partial charge in [0.2, 0.25) is 0 Å². The van der Waals surface area contributed by atoms with E-state index < -0.39 is 0 Å². The summed E-state index contributed by atoms with van der Waals surface area (Å²) in [5.74, 6) is 2.16. The molecule has 0 radical (unpaired) electrons. The van der Waals surface area contributed by atoms with E-state index in [4.69, 9.17) is 9.47 Å². The third-order valence-electron chi connectivity index (χ3n) is 9.82. The van der Waals surface area contributed by atoms with Gasteiger partial charge in [0.05, 0.1) is 14.2 Å². The molecule has 0 atom stereocenters. The summed E-state index contributed by atoms with van der Waals surface area (Å²) in [5.41, 5.74) is 13.3. The molecule has 8 aromatic rings. The molecule has 0 saturated carbocycles. The molecule has 8 rings (SSSR count). The van der Waals surface area contributed by atoms with Crippen molar-refractivity contribution < 1.29 is 19.7 Å². The number of hydrogen-bond donors (Lipinski definition) is 2. The van der Waals surface area contributed by atoms with E-state index in [1.54, 1.807) is 38.5 Å². The van der Waals surface area contributed by atoms with Crippen LogP contribution in [-0.4, -0.2) is 24.4 Å². The quantitative estimate of drug-likeness (QED) is 0.136. The highest BCUT2D eigenvalue weighted by atomic mass is 16.5. The zero-order chi connectivity index (χ0) is 40.1. The second kappa shape index (κ2) is 18.9. The Labute approximate surface area is 340 Å². The van der Waals surface area contributed by atoms with Crippen LogP contribution in [0.5, 0.6) is 23.0 Å². The fourth-order valence-corrected chi connectivity index (χ4v) is 7.01. The molecule has 0 aliphatic rings. The normalized spacial score (nSPS) is 11.6. The summed E-state index contributed by atoms with van der Waals surface area (Å²) in [4.78, 5) is 0. The zero-order valence-corrected chi connectivity index (χ0v) is 32.5. The molecule has 58 heavy (non-hydrogen) atoms. The molecule has 4 heteroatoms. The number of methoxy groups -OCH3 is 2. The monoisotopic (exact) mass is 756 g/mol. The van der Waals surface area contributed by atoms with Gasteiger partial charge in [0.25, 0.3) is 0 Å². The largest absolute Gasteiger partial charge is 0.508 e. The molecule has 8 aromatic carbocycles. The summed E-state index contributed by atoms with van der Waals surface area (Å²) in [6.45, 7) is 0. The number of aromatic hydroxyl groups is 2. The first kappa shape index (κ1) is 38.7. The van der Waals surface area contributed by atoms with Crippen LogP contribution in [0.2, 0.25) is 0 Å². The predicted octanol–water partition coefficient (Wildman–Crippen LogP) is 12.8. The van der Waals surface area contributed by atoms with Gasteiger partial charge in [-0.25, -0.2) is 0 Å². The van der Waals surface area contributed by atoms with Crippen LogP contribution in [0.25, 0.3) is 22.3 Å². The van der Waals surface area contributed by atoms with Gasteiger partial charge in [-0.05, 0) is 115 Å². The average Bonchev–Trinajstić information content (AvgIpc) is 3.30. The van der Waals surface area contributed by atoms with Crippen molar-refractivity contribution in [3.8, 4) is 23.0 Å². The lowest BCUT2D eigenvalue weighted by molar-refractivity contribution is 0.414. The fourth-order valence-electron chi connectivity index (χ4n) is 7.01. The van der Waals surface area contributed by atoms with Crippen molar-refractivity contribution in [2.45, 2.75) is 0 Å². The first-order valence-electron chi connectivity index (χ1n) is 19.1. The molecule has 0 spiro atoms. The minimum Gasteiger partial charge on any atom is -0.508 e. The molecule has 0 heterocycles. The van der Waals surface area contributed by atoms with E-state index in [0.29, 0.717) is 0 Å². The van der Waals surface area contributed by atoms with Crippen molar-refractivity contribution in [1.82, 2.24) is 0 Å². The molecule has 0 bridgehead atoms. The second-order valence-corrected chi connectivity index (χ2v) is 13.5. The van der Waals surface area contributed by atoms with Crippen molar-refractivity contribution in [3.05, 3.63) is 263 Å². The summed E-state index contributed by atoms with van der Waals surface area (Å²) < 4.78 is 10.8. The molecule has 0 amide bonds. The summed E-state index contributed by atoms with van der Waals surface area (Å²) in [6.07, 6.45) is 0. The predicted molar refractivity (Wildman–Crippen MR) is 238 cm³/mol. The molecule has 2 N–H and O–H groups in total. The van der Waals surface area contributed by atoms with Crippen molar-refractivity contribution in [2.75, 3.05) is 14.2 Å². The number of ether oxygens (including phenoxy) is 2. The van der Waals surface area contributed by atoms with Crippen molar-refractivity contribution >= 4 is 22.3 Å². The van der Waals surface area contributed by atoms with E-state index in [2.05, 4.69) is 97.1 Å². The number of benzene rings is 8. The molecule has 4 nitrogen and oxygen atoms in total. The van der Waals surface area contributed by atoms with E-state index in [0.717, 1.165) is 67.2 Å². The standard InChI is InChI=1S/C28H24O2.C26H20O2/c1-29-25-17-13-23(14-18-25)27(21-9-5-3-6-10-21)28(22-11-7-4-8-12-22)24-15-19-26(30-2)20-16-24;27-23-15-11-21(12-16-23)25(19-7-3-1-4-8-19)26(20-9-5-2-6-10-20)22-13-17-24(28)18-14-22/h3-20H,1-2H3;1-18,27-28H/b28-27+;26-25+. The molecule has 0 fully saturated rings. The summed E-state index contributed by atoms with van der Waals surface area (Å²) in [6, 6.07) is 72.6. The van der Waals surface area contributed by atoms with Gasteiger partial charge >= 0.3 is 0 Å². The van der Waals surface area contributed by atoms with Gasteiger partial charge in [0, 0.05) is 0 Å². The van der Waals surface area contributed by atoms with Crippen LogP contribution in [0.1, 0.15) is 44.5 Å².